The summed E-state index contributed by atoms with van der Waals surface area (Å²) < 4.78 is 39.9. The summed E-state index contributed by atoms with van der Waals surface area (Å²) in [6.45, 7) is 0.387. The molecule has 1 aromatic carbocycles. The molecular formula is C13H18F3N3O. The van der Waals surface area contributed by atoms with Crippen LogP contribution in [0.2, 0.25) is 0 Å². The standard InChI is InChI=1S/C13H18F3N3O/c1-18(2)12(19(3)4)17-9-10-5-7-11(8-6-10)20-13(14,15)16/h5-8H,9H2,1-4H3. The van der Waals surface area contributed by atoms with Crippen LogP contribution in [0.4, 0.5) is 13.2 Å². The summed E-state index contributed by atoms with van der Waals surface area (Å²) in [6, 6.07) is 5.69. The molecule has 0 bridgehead atoms. The maximum absolute atomic E-state index is 12.0. The number of rotatable bonds is 3. The van der Waals surface area contributed by atoms with E-state index in [0.717, 1.165) is 11.5 Å². The molecule has 0 saturated heterocycles. The highest BCUT2D eigenvalue weighted by Gasteiger charge is 2.30. The van der Waals surface area contributed by atoms with Gasteiger partial charge in [0.15, 0.2) is 5.96 Å². The van der Waals surface area contributed by atoms with Crippen molar-refractivity contribution < 1.29 is 17.9 Å². The molecule has 0 atom stereocenters. The molecule has 0 aromatic heterocycles. The summed E-state index contributed by atoms with van der Waals surface area (Å²) in [5.41, 5.74) is 0.806. The molecule has 0 spiro atoms. The Morgan fingerprint density at radius 3 is 1.95 bits per heavy atom. The van der Waals surface area contributed by atoms with Gasteiger partial charge in [-0.1, -0.05) is 12.1 Å². The monoisotopic (exact) mass is 289 g/mol. The summed E-state index contributed by atoms with van der Waals surface area (Å²) in [7, 11) is 7.50. The van der Waals surface area contributed by atoms with E-state index in [0.29, 0.717) is 6.54 Å². The number of hydrogen-bond acceptors (Lipinski definition) is 2. The third-order valence-electron chi connectivity index (χ3n) is 2.36. The molecule has 0 fully saturated rings. The van der Waals surface area contributed by atoms with Crippen LogP contribution in [0.1, 0.15) is 5.56 Å². The third kappa shape index (κ3) is 5.38. The van der Waals surface area contributed by atoms with E-state index in [9.17, 15) is 13.2 Å². The molecule has 4 nitrogen and oxygen atoms in total. The zero-order valence-electron chi connectivity index (χ0n) is 11.9. The highest BCUT2D eigenvalue weighted by molar-refractivity contribution is 5.79. The Balaban J connectivity index is 2.73. The predicted octanol–water partition coefficient (Wildman–Crippen LogP) is 2.56. The van der Waals surface area contributed by atoms with Gasteiger partial charge < -0.3 is 14.5 Å². The lowest BCUT2D eigenvalue weighted by Gasteiger charge is -2.22. The average molecular weight is 289 g/mol. The molecular weight excluding hydrogens is 271 g/mol. The van der Waals surface area contributed by atoms with Gasteiger partial charge in [0.05, 0.1) is 6.54 Å². The molecule has 1 rings (SSSR count). The van der Waals surface area contributed by atoms with Gasteiger partial charge in [-0.3, -0.25) is 0 Å². The molecule has 0 aliphatic heterocycles. The van der Waals surface area contributed by atoms with Crippen LogP contribution >= 0.6 is 0 Å². The van der Waals surface area contributed by atoms with Gasteiger partial charge in [0, 0.05) is 28.2 Å². The van der Waals surface area contributed by atoms with Crippen molar-refractivity contribution in [2.75, 3.05) is 28.2 Å². The van der Waals surface area contributed by atoms with E-state index in [4.69, 9.17) is 0 Å². The first kappa shape index (κ1) is 16.1. The van der Waals surface area contributed by atoms with E-state index < -0.39 is 6.36 Å². The van der Waals surface area contributed by atoms with Gasteiger partial charge in [-0.15, -0.1) is 13.2 Å². The van der Waals surface area contributed by atoms with Crippen LogP contribution in [0.15, 0.2) is 29.3 Å². The molecule has 0 aliphatic carbocycles. The van der Waals surface area contributed by atoms with Crippen molar-refractivity contribution in [1.82, 2.24) is 9.80 Å². The summed E-state index contributed by atoms with van der Waals surface area (Å²) in [6.07, 6.45) is -4.66. The largest absolute Gasteiger partial charge is 0.573 e. The van der Waals surface area contributed by atoms with Gasteiger partial charge in [0.25, 0.3) is 0 Å². The lowest BCUT2D eigenvalue weighted by molar-refractivity contribution is -0.274. The number of aliphatic imine (C=N–C) groups is 1. The second-order valence-electron chi connectivity index (χ2n) is 4.60. The van der Waals surface area contributed by atoms with Crippen molar-refractivity contribution in [2.45, 2.75) is 12.9 Å². The number of nitrogens with zero attached hydrogens (tertiary/aromatic N) is 3. The van der Waals surface area contributed by atoms with E-state index in [-0.39, 0.29) is 5.75 Å². The molecule has 0 heterocycles. The fraction of sp³-hybridized carbons (Fsp3) is 0.462. The van der Waals surface area contributed by atoms with E-state index in [1.165, 1.54) is 12.1 Å². The Morgan fingerprint density at radius 2 is 1.55 bits per heavy atom. The Kier molecular flexibility index (Phi) is 5.24. The van der Waals surface area contributed by atoms with Crippen LogP contribution in [0.3, 0.4) is 0 Å². The topological polar surface area (TPSA) is 28.1 Å². The second kappa shape index (κ2) is 6.49. The van der Waals surface area contributed by atoms with Crippen molar-refractivity contribution in [3.05, 3.63) is 29.8 Å². The van der Waals surface area contributed by atoms with Crippen LogP contribution in [-0.2, 0) is 6.54 Å². The highest BCUT2D eigenvalue weighted by Crippen LogP contribution is 2.22. The minimum atomic E-state index is -4.66. The Morgan fingerprint density at radius 1 is 1.05 bits per heavy atom. The van der Waals surface area contributed by atoms with Gasteiger partial charge >= 0.3 is 6.36 Å². The number of guanidine groups is 1. The Bertz CT molecular complexity index is 443. The van der Waals surface area contributed by atoms with Gasteiger partial charge in [0.2, 0.25) is 0 Å². The first-order valence-corrected chi connectivity index (χ1v) is 5.93. The number of ether oxygens (including phenoxy) is 1. The smallest absolute Gasteiger partial charge is 0.406 e. The van der Waals surface area contributed by atoms with Gasteiger partial charge in [-0.2, -0.15) is 0 Å². The lowest BCUT2D eigenvalue weighted by atomic mass is 10.2. The van der Waals surface area contributed by atoms with Crippen molar-refractivity contribution in [1.29, 1.82) is 0 Å². The summed E-state index contributed by atoms with van der Waals surface area (Å²) in [5, 5.41) is 0. The predicted molar refractivity (Wildman–Crippen MR) is 71.6 cm³/mol. The van der Waals surface area contributed by atoms with Gasteiger partial charge in [-0.25, -0.2) is 4.99 Å². The van der Waals surface area contributed by atoms with Crippen molar-refractivity contribution in [3.8, 4) is 5.75 Å². The second-order valence-corrected chi connectivity index (χ2v) is 4.60. The average Bonchev–Trinajstić information content (AvgIpc) is 2.28. The molecule has 0 saturated carbocycles. The SMILES string of the molecule is CN(C)C(=NCc1ccc(OC(F)(F)F)cc1)N(C)C. The van der Waals surface area contributed by atoms with Crippen LogP contribution in [0.5, 0.6) is 5.75 Å². The molecule has 20 heavy (non-hydrogen) atoms. The molecule has 0 amide bonds. The van der Waals surface area contributed by atoms with Crippen LogP contribution in [0.25, 0.3) is 0 Å². The van der Waals surface area contributed by atoms with Crippen LogP contribution in [-0.4, -0.2) is 50.3 Å². The fourth-order valence-corrected chi connectivity index (χ4v) is 1.64. The first-order chi connectivity index (χ1) is 9.19. The van der Waals surface area contributed by atoms with Crippen molar-refractivity contribution in [2.24, 2.45) is 4.99 Å². The third-order valence-corrected chi connectivity index (χ3v) is 2.36. The fourth-order valence-electron chi connectivity index (χ4n) is 1.64. The van der Waals surface area contributed by atoms with E-state index in [2.05, 4.69) is 9.73 Å². The van der Waals surface area contributed by atoms with Gasteiger partial charge in [-0.05, 0) is 17.7 Å². The molecule has 0 aliphatic rings. The van der Waals surface area contributed by atoms with Crippen molar-refractivity contribution in [3.63, 3.8) is 0 Å². The summed E-state index contributed by atoms with van der Waals surface area (Å²) in [5.74, 6) is 0.547. The zero-order chi connectivity index (χ0) is 15.3. The van der Waals surface area contributed by atoms with Gasteiger partial charge in [0.1, 0.15) is 5.75 Å². The number of alkyl halides is 3. The zero-order valence-corrected chi connectivity index (χ0v) is 11.9. The normalized spacial score (nSPS) is 10.9. The van der Waals surface area contributed by atoms with Crippen molar-refractivity contribution >= 4 is 5.96 Å². The quantitative estimate of drug-likeness (QED) is 0.632. The van der Waals surface area contributed by atoms with Crippen LogP contribution in [0, 0.1) is 0 Å². The molecule has 7 heteroatoms. The minimum absolute atomic E-state index is 0.231. The molecule has 1 aromatic rings. The number of halogens is 3. The number of benzene rings is 1. The Hall–Kier alpha value is -1.92. The summed E-state index contributed by atoms with van der Waals surface area (Å²) >= 11 is 0. The number of hydrogen-bond donors (Lipinski definition) is 0. The molecule has 0 N–H and O–H groups in total. The summed E-state index contributed by atoms with van der Waals surface area (Å²) in [4.78, 5) is 8.13. The van der Waals surface area contributed by atoms with E-state index in [1.54, 1.807) is 12.1 Å². The maximum atomic E-state index is 12.0. The van der Waals surface area contributed by atoms with E-state index >= 15 is 0 Å². The lowest BCUT2D eigenvalue weighted by Crippen LogP contribution is -2.35. The maximum Gasteiger partial charge on any atom is 0.573 e. The molecule has 0 radical (unpaired) electrons. The minimum Gasteiger partial charge on any atom is -0.406 e. The molecule has 0 unspecified atom stereocenters. The first-order valence-electron chi connectivity index (χ1n) is 5.93. The van der Waals surface area contributed by atoms with Crippen LogP contribution < -0.4 is 4.74 Å². The molecule has 112 valence electrons. The van der Waals surface area contributed by atoms with E-state index in [1.807, 2.05) is 38.0 Å². The highest BCUT2D eigenvalue weighted by atomic mass is 19.4. The Labute approximate surface area is 116 Å².